The van der Waals surface area contributed by atoms with E-state index >= 15 is 0 Å². The van der Waals surface area contributed by atoms with E-state index in [1.165, 1.54) is 77.0 Å². The maximum Gasteiger partial charge on any atom is -0.00963 e. The number of hydrogen-bond acceptors (Lipinski definition) is 0. The Morgan fingerprint density at radius 1 is 0.371 bits per heavy atom. The molecule has 35 heavy (non-hydrogen) atoms. The molecule has 0 spiro atoms. The van der Waals surface area contributed by atoms with Crippen molar-refractivity contribution in [1.82, 2.24) is 0 Å². The van der Waals surface area contributed by atoms with Crippen molar-refractivity contribution in [1.29, 1.82) is 0 Å². The minimum atomic E-state index is 0.382. The van der Waals surface area contributed by atoms with Gasteiger partial charge >= 0.3 is 0 Å². The van der Waals surface area contributed by atoms with Crippen LogP contribution in [0.2, 0.25) is 0 Å². The number of hydrogen-bond donors (Lipinski definition) is 0. The van der Waals surface area contributed by atoms with Crippen LogP contribution in [-0.4, -0.2) is 0 Å². The Balaban J connectivity index is 1.56. The molecule has 0 amide bonds. The van der Waals surface area contributed by atoms with E-state index < -0.39 is 0 Å². The van der Waals surface area contributed by atoms with E-state index in [0.29, 0.717) is 37.9 Å². The molecule has 0 heteroatoms. The van der Waals surface area contributed by atoms with Crippen LogP contribution in [0.3, 0.4) is 0 Å². The van der Waals surface area contributed by atoms with Crippen molar-refractivity contribution in [2.45, 2.75) is 112 Å². The zero-order valence-electron chi connectivity index (χ0n) is 23.3. The maximum atomic E-state index is 2.69. The largest absolute Gasteiger partial charge is 0.0911 e. The summed E-state index contributed by atoms with van der Waals surface area (Å²) in [6.07, 6.45) is 42.8. The minimum absolute atomic E-state index is 0.382. The molecule has 0 aromatic rings. The van der Waals surface area contributed by atoms with Crippen molar-refractivity contribution < 1.29 is 0 Å². The minimum Gasteiger partial charge on any atom is -0.0911 e. The van der Waals surface area contributed by atoms with Gasteiger partial charge in [-0.05, 0) is 155 Å². The summed E-state index contributed by atoms with van der Waals surface area (Å²) in [5.41, 5.74) is 2.99. The quantitative estimate of drug-likeness (QED) is 0.339. The van der Waals surface area contributed by atoms with Crippen LogP contribution in [0.4, 0.5) is 0 Å². The van der Waals surface area contributed by atoms with E-state index in [4.69, 9.17) is 0 Å². The summed E-state index contributed by atoms with van der Waals surface area (Å²) in [6, 6.07) is 0. The molecule has 0 N–H and O–H groups in total. The fraction of sp³-hybridized carbons (Fsp3) is 0.714. The lowest BCUT2D eigenvalue weighted by atomic mass is 9.26. The van der Waals surface area contributed by atoms with Crippen LogP contribution >= 0.6 is 0 Å². The average molecular weight is 471 g/mol. The summed E-state index contributed by atoms with van der Waals surface area (Å²) < 4.78 is 0. The van der Waals surface area contributed by atoms with Crippen LogP contribution in [0.5, 0.6) is 0 Å². The highest BCUT2D eigenvalue weighted by atomic mass is 14.8. The van der Waals surface area contributed by atoms with E-state index in [-0.39, 0.29) is 0 Å². The standard InChI is InChI=1S/C35H50/c1-6-11-29-16-28-17-30(19-29,12-7-2)24-34(18-28,23-29)35-25-31(13-8-3)20-32(26-35,14-9-4)22-33(21-31,27-35)15-10-5/h6-15,28H,16-27H2,1-5H3/b11-6-,12-7-,13-8-,14-9-,15-10-. The van der Waals surface area contributed by atoms with Crippen LogP contribution in [0, 0.1) is 43.8 Å². The van der Waals surface area contributed by atoms with Crippen molar-refractivity contribution in [2.24, 2.45) is 43.8 Å². The Hall–Kier alpha value is -1.30. The molecular formula is C35H50. The van der Waals surface area contributed by atoms with Crippen molar-refractivity contribution >= 4 is 0 Å². The first-order chi connectivity index (χ1) is 16.7. The van der Waals surface area contributed by atoms with Gasteiger partial charge in [-0.25, -0.2) is 0 Å². The Morgan fingerprint density at radius 2 is 0.686 bits per heavy atom. The second-order valence-electron chi connectivity index (χ2n) is 14.9. The van der Waals surface area contributed by atoms with E-state index in [1.54, 1.807) is 0 Å². The molecule has 0 saturated heterocycles. The smallest absolute Gasteiger partial charge is 0.00963 e. The lowest BCUT2D eigenvalue weighted by Gasteiger charge is -2.78. The predicted octanol–water partition coefficient (Wildman–Crippen LogP) is 10.2. The molecule has 0 aromatic carbocycles. The first-order valence-electron chi connectivity index (χ1n) is 14.9. The lowest BCUT2D eigenvalue weighted by Crippen LogP contribution is -2.69. The van der Waals surface area contributed by atoms with Gasteiger partial charge < -0.3 is 0 Å². The topological polar surface area (TPSA) is 0 Å². The lowest BCUT2D eigenvalue weighted by molar-refractivity contribution is -0.259. The molecule has 2 atom stereocenters. The third-order valence-corrected chi connectivity index (χ3v) is 12.1. The van der Waals surface area contributed by atoms with Crippen LogP contribution in [0.25, 0.3) is 0 Å². The van der Waals surface area contributed by atoms with Gasteiger partial charge in [0, 0.05) is 0 Å². The van der Waals surface area contributed by atoms with E-state index in [9.17, 15) is 0 Å². The molecule has 8 saturated carbocycles. The Bertz CT molecular complexity index is 907. The molecule has 8 aliphatic rings. The van der Waals surface area contributed by atoms with Crippen LogP contribution in [-0.2, 0) is 0 Å². The third kappa shape index (κ3) is 3.30. The van der Waals surface area contributed by atoms with E-state index in [1.807, 2.05) is 0 Å². The molecule has 0 radical (unpaired) electrons. The van der Waals surface area contributed by atoms with Crippen molar-refractivity contribution in [3.8, 4) is 0 Å². The molecule has 0 heterocycles. The number of rotatable bonds is 6. The maximum absolute atomic E-state index is 2.69. The highest BCUT2D eigenvalue weighted by Crippen LogP contribution is 2.84. The third-order valence-electron chi connectivity index (χ3n) is 12.1. The van der Waals surface area contributed by atoms with Crippen LogP contribution < -0.4 is 0 Å². The first kappa shape index (κ1) is 24.1. The van der Waals surface area contributed by atoms with Gasteiger partial charge in [0.25, 0.3) is 0 Å². The SMILES string of the molecule is C/C=C\C12CC3CC(/C=C\C)(C1)CC(C14CC5(/C=C\C)CC(/C=C\C)(CC(/C=C\C)(C5)C1)C4)(C3)C2. The van der Waals surface area contributed by atoms with E-state index in [2.05, 4.69) is 95.4 Å². The molecule has 190 valence electrons. The average Bonchev–Trinajstić information content (AvgIpc) is 2.71. The second-order valence-corrected chi connectivity index (χ2v) is 14.9. The molecule has 8 aliphatic carbocycles. The van der Waals surface area contributed by atoms with Gasteiger partial charge in [-0.3, -0.25) is 0 Å². The molecule has 8 fully saturated rings. The summed E-state index contributed by atoms with van der Waals surface area (Å²) in [5.74, 6) is 0.916. The Morgan fingerprint density at radius 3 is 1.06 bits per heavy atom. The fourth-order valence-corrected chi connectivity index (χ4v) is 13.3. The van der Waals surface area contributed by atoms with Gasteiger partial charge in [0.1, 0.15) is 0 Å². The van der Waals surface area contributed by atoms with Gasteiger partial charge in [0.15, 0.2) is 0 Å². The summed E-state index contributed by atoms with van der Waals surface area (Å²) in [4.78, 5) is 0. The Labute approximate surface area is 216 Å². The van der Waals surface area contributed by atoms with Gasteiger partial charge in [-0.15, -0.1) is 0 Å². The summed E-state index contributed by atoms with van der Waals surface area (Å²) >= 11 is 0. The highest BCUT2D eigenvalue weighted by molar-refractivity contribution is 5.33. The van der Waals surface area contributed by atoms with Crippen molar-refractivity contribution in [3.05, 3.63) is 60.8 Å². The van der Waals surface area contributed by atoms with Crippen LogP contribution in [0.1, 0.15) is 112 Å². The molecule has 0 nitrogen and oxygen atoms in total. The molecule has 8 rings (SSSR count). The van der Waals surface area contributed by atoms with Crippen LogP contribution in [0.15, 0.2) is 60.8 Å². The van der Waals surface area contributed by atoms with Crippen molar-refractivity contribution in [3.63, 3.8) is 0 Å². The highest BCUT2D eigenvalue weighted by Gasteiger charge is 2.75. The fourth-order valence-electron chi connectivity index (χ4n) is 13.3. The zero-order chi connectivity index (χ0) is 24.6. The molecule has 0 aromatic heterocycles. The van der Waals surface area contributed by atoms with Gasteiger partial charge in [-0.1, -0.05) is 60.8 Å². The normalized spacial score (nSPS) is 54.7. The monoisotopic (exact) mass is 470 g/mol. The van der Waals surface area contributed by atoms with Crippen molar-refractivity contribution in [2.75, 3.05) is 0 Å². The second kappa shape index (κ2) is 7.61. The summed E-state index contributed by atoms with van der Waals surface area (Å²) in [7, 11) is 0. The van der Waals surface area contributed by atoms with Gasteiger partial charge in [-0.2, -0.15) is 0 Å². The first-order valence-corrected chi connectivity index (χ1v) is 14.9. The van der Waals surface area contributed by atoms with E-state index in [0.717, 1.165) is 5.92 Å². The molecule has 8 bridgehead atoms. The predicted molar refractivity (Wildman–Crippen MR) is 150 cm³/mol. The Kier molecular flexibility index (Phi) is 5.23. The number of allylic oxidation sites excluding steroid dienone is 10. The zero-order valence-corrected chi connectivity index (χ0v) is 23.3. The summed E-state index contributed by atoms with van der Waals surface area (Å²) in [5, 5.41) is 0. The van der Waals surface area contributed by atoms with Gasteiger partial charge in [0.05, 0.1) is 0 Å². The van der Waals surface area contributed by atoms with Gasteiger partial charge in [0.2, 0.25) is 0 Å². The molecule has 0 aliphatic heterocycles. The summed E-state index contributed by atoms with van der Waals surface area (Å²) in [6.45, 7) is 11.4. The molecule has 2 unspecified atom stereocenters. The molecular weight excluding hydrogens is 420 g/mol.